The van der Waals surface area contributed by atoms with E-state index in [0.29, 0.717) is 24.2 Å². The van der Waals surface area contributed by atoms with Crippen molar-refractivity contribution in [2.75, 3.05) is 18.4 Å². The number of benzene rings is 1. The summed E-state index contributed by atoms with van der Waals surface area (Å²) >= 11 is 0. The Morgan fingerprint density at radius 3 is 2.64 bits per heavy atom. The molecule has 2 rings (SSSR count). The number of likely N-dealkylation sites (tertiary alicyclic amines) is 1. The summed E-state index contributed by atoms with van der Waals surface area (Å²) in [5.74, 6) is -1.51. The highest BCUT2D eigenvalue weighted by atomic mass is 16.4. The van der Waals surface area contributed by atoms with Gasteiger partial charge in [0.25, 0.3) is 5.91 Å². The van der Waals surface area contributed by atoms with E-state index < -0.39 is 11.9 Å². The molecule has 1 aliphatic rings. The molecular weight excluding hydrogens is 322 g/mol. The van der Waals surface area contributed by atoms with Crippen molar-refractivity contribution >= 4 is 23.6 Å². The Bertz CT molecular complexity index is 674. The lowest BCUT2D eigenvalue weighted by molar-refractivity contribution is -0.141. The van der Waals surface area contributed by atoms with Crippen LogP contribution in [0.1, 0.15) is 42.6 Å². The van der Waals surface area contributed by atoms with Gasteiger partial charge in [0.1, 0.15) is 0 Å². The molecule has 3 amide bonds. The van der Waals surface area contributed by atoms with Gasteiger partial charge in [-0.3, -0.25) is 9.59 Å². The minimum Gasteiger partial charge on any atom is -0.481 e. The summed E-state index contributed by atoms with van der Waals surface area (Å²) < 4.78 is 0. The third kappa shape index (κ3) is 4.71. The molecule has 3 N–H and O–H groups in total. The zero-order valence-electron chi connectivity index (χ0n) is 14.8. The largest absolute Gasteiger partial charge is 0.481 e. The zero-order chi connectivity index (χ0) is 18.6. The highest BCUT2D eigenvalue weighted by Crippen LogP contribution is 2.20. The predicted octanol–water partition coefficient (Wildman–Crippen LogP) is 2.46. The SMILES string of the molecule is CCC(C)NC(=O)c1ccc(NC(=O)N2CCC(C(=O)O)C2)c(C)c1. The molecule has 1 aliphatic heterocycles. The molecule has 1 aromatic rings. The summed E-state index contributed by atoms with van der Waals surface area (Å²) in [6.07, 6.45) is 1.32. The lowest BCUT2D eigenvalue weighted by Gasteiger charge is -2.18. The first-order valence-electron chi connectivity index (χ1n) is 8.52. The number of rotatable bonds is 5. The van der Waals surface area contributed by atoms with Gasteiger partial charge in [0.2, 0.25) is 0 Å². The van der Waals surface area contributed by atoms with Crippen LogP contribution < -0.4 is 10.6 Å². The number of urea groups is 1. The molecule has 7 nitrogen and oxygen atoms in total. The number of carbonyl (C=O) groups is 3. The lowest BCUT2D eigenvalue weighted by atomic mass is 10.1. The summed E-state index contributed by atoms with van der Waals surface area (Å²) in [5.41, 5.74) is 1.94. The van der Waals surface area contributed by atoms with Gasteiger partial charge in [-0.2, -0.15) is 0 Å². The first-order chi connectivity index (χ1) is 11.8. The van der Waals surface area contributed by atoms with Gasteiger partial charge >= 0.3 is 12.0 Å². The highest BCUT2D eigenvalue weighted by Gasteiger charge is 2.31. The van der Waals surface area contributed by atoms with Crippen molar-refractivity contribution in [3.05, 3.63) is 29.3 Å². The minimum atomic E-state index is -0.872. The monoisotopic (exact) mass is 347 g/mol. The van der Waals surface area contributed by atoms with Crippen LogP contribution >= 0.6 is 0 Å². The van der Waals surface area contributed by atoms with Crippen LogP contribution in [0.4, 0.5) is 10.5 Å². The van der Waals surface area contributed by atoms with Crippen molar-refractivity contribution in [2.24, 2.45) is 5.92 Å². The molecule has 2 unspecified atom stereocenters. The molecule has 0 aromatic heterocycles. The second-order valence-electron chi connectivity index (χ2n) is 6.51. The molecule has 7 heteroatoms. The second kappa shape index (κ2) is 8.00. The van der Waals surface area contributed by atoms with Crippen LogP contribution in [0.2, 0.25) is 0 Å². The third-order valence-corrected chi connectivity index (χ3v) is 4.54. The Kier molecular flexibility index (Phi) is 6.01. The minimum absolute atomic E-state index is 0.101. The number of aliphatic carboxylic acids is 1. The number of carboxylic acids is 1. The Balaban J connectivity index is 2.00. The molecule has 1 heterocycles. The Morgan fingerprint density at radius 2 is 2.08 bits per heavy atom. The molecule has 0 spiro atoms. The van der Waals surface area contributed by atoms with Crippen LogP contribution in [0.25, 0.3) is 0 Å². The summed E-state index contributed by atoms with van der Waals surface area (Å²) in [5, 5.41) is 14.7. The van der Waals surface area contributed by atoms with E-state index in [4.69, 9.17) is 5.11 Å². The van der Waals surface area contributed by atoms with Crippen molar-refractivity contribution in [3.63, 3.8) is 0 Å². The molecule has 0 saturated carbocycles. The standard InChI is InChI=1S/C18H25N3O4/c1-4-12(3)19-16(22)13-5-6-15(11(2)9-13)20-18(25)21-8-7-14(10-21)17(23)24/h5-6,9,12,14H,4,7-8,10H2,1-3H3,(H,19,22)(H,20,25)(H,23,24). The summed E-state index contributed by atoms with van der Waals surface area (Å²) in [4.78, 5) is 36.9. The molecule has 1 fully saturated rings. The molecule has 0 radical (unpaired) electrons. The Hall–Kier alpha value is -2.57. The van der Waals surface area contributed by atoms with E-state index in [1.165, 1.54) is 4.90 Å². The molecule has 136 valence electrons. The Labute approximate surface area is 147 Å². The van der Waals surface area contributed by atoms with E-state index in [2.05, 4.69) is 10.6 Å². The fourth-order valence-corrected chi connectivity index (χ4v) is 2.69. The fraction of sp³-hybridized carbons (Fsp3) is 0.500. The molecule has 0 bridgehead atoms. The lowest BCUT2D eigenvalue weighted by Crippen LogP contribution is -2.34. The fourth-order valence-electron chi connectivity index (χ4n) is 2.69. The first-order valence-corrected chi connectivity index (χ1v) is 8.52. The normalized spacial score (nSPS) is 17.9. The molecule has 1 aromatic carbocycles. The smallest absolute Gasteiger partial charge is 0.321 e. The maximum absolute atomic E-state index is 12.3. The van der Waals surface area contributed by atoms with Gasteiger partial charge in [-0.25, -0.2) is 4.79 Å². The highest BCUT2D eigenvalue weighted by molar-refractivity contribution is 5.96. The van der Waals surface area contributed by atoms with Crippen LogP contribution in [-0.4, -0.2) is 47.0 Å². The van der Waals surface area contributed by atoms with Crippen molar-refractivity contribution in [2.45, 2.75) is 39.7 Å². The average molecular weight is 347 g/mol. The van der Waals surface area contributed by atoms with Crippen LogP contribution in [0.3, 0.4) is 0 Å². The second-order valence-corrected chi connectivity index (χ2v) is 6.51. The van der Waals surface area contributed by atoms with Gasteiger partial charge in [-0.15, -0.1) is 0 Å². The third-order valence-electron chi connectivity index (χ3n) is 4.54. The number of amides is 3. The van der Waals surface area contributed by atoms with Gasteiger partial charge < -0.3 is 20.6 Å². The number of nitrogens with one attached hydrogen (secondary N) is 2. The molecule has 2 atom stereocenters. The van der Waals surface area contributed by atoms with Gasteiger partial charge in [0, 0.05) is 30.4 Å². The van der Waals surface area contributed by atoms with E-state index in [1.807, 2.05) is 20.8 Å². The Morgan fingerprint density at radius 1 is 1.36 bits per heavy atom. The van der Waals surface area contributed by atoms with Crippen molar-refractivity contribution in [1.82, 2.24) is 10.2 Å². The van der Waals surface area contributed by atoms with Crippen molar-refractivity contribution in [3.8, 4) is 0 Å². The topological polar surface area (TPSA) is 98.7 Å². The van der Waals surface area contributed by atoms with E-state index >= 15 is 0 Å². The average Bonchev–Trinajstić information content (AvgIpc) is 3.06. The number of anilines is 1. The summed E-state index contributed by atoms with van der Waals surface area (Å²) in [7, 11) is 0. The molecule has 25 heavy (non-hydrogen) atoms. The zero-order valence-corrected chi connectivity index (χ0v) is 14.8. The maximum atomic E-state index is 12.3. The molecule has 0 aliphatic carbocycles. The number of carbonyl (C=O) groups excluding carboxylic acids is 2. The summed E-state index contributed by atoms with van der Waals surface area (Å²) in [6, 6.07) is 4.89. The van der Waals surface area contributed by atoms with Crippen LogP contribution in [0.5, 0.6) is 0 Å². The molecular formula is C18H25N3O4. The van der Waals surface area contributed by atoms with Crippen LogP contribution in [0, 0.1) is 12.8 Å². The summed E-state index contributed by atoms with van der Waals surface area (Å²) in [6.45, 7) is 6.41. The first kappa shape index (κ1) is 18.8. The van der Waals surface area contributed by atoms with Gasteiger partial charge in [-0.05, 0) is 50.5 Å². The van der Waals surface area contributed by atoms with Gasteiger partial charge in [-0.1, -0.05) is 6.92 Å². The van der Waals surface area contributed by atoms with Gasteiger partial charge in [0.15, 0.2) is 0 Å². The van der Waals surface area contributed by atoms with Gasteiger partial charge in [0.05, 0.1) is 5.92 Å². The molecule has 1 saturated heterocycles. The van der Waals surface area contributed by atoms with E-state index in [0.717, 1.165) is 12.0 Å². The number of carboxylic acid groups (broad SMARTS) is 1. The van der Waals surface area contributed by atoms with Crippen molar-refractivity contribution in [1.29, 1.82) is 0 Å². The van der Waals surface area contributed by atoms with Crippen molar-refractivity contribution < 1.29 is 19.5 Å². The predicted molar refractivity (Wildman–Crippen MR) is 94.7 cm³/mol. The number of hydrogen-bond acceptors (Lipinski definition) is 3. The van der Waals surface area contributed by atoms with E-state index in [-0.39, 0.29) is 24.5 Å². The van der Waals surface area contributed by atoms with E-state index in [9.17, 15) is 14.4 Å². The number of nitrogens with zero attached hydrogens (tertiary/aromatic N) is 1. The maximum Gasteiger partial charge on any atom is 0.321 e. The van der Waals surface area contributed by atoms with Crippen LogP contribution in [-0.2, 0) is 4.79 Å². The number of aryl methyl sites for hydroxylation is 1. The van der Waals surface area contributed by atoms with E-state index in [1.54, 1.807) is 18.2 Å². The quantitative estimate of drug-likeness (QED) is 0.762. The van der Waals surface area contributed by atoms with Crippen LogP contribution in [0.15, 0.2) is 18.2 Å². The number of hydrogen-bond donors (Lipinski definition) is 3.